The zero-order chi connectivity index (χ0) is 18.6. The molecule has 2 aromatic rings. The average molecular weight is 367 g/mol. The molecule has 0 saturated carbocycles. The maximum Gasteiger partial charge on any atom is 0.339 e. The summed E-state index contributed by atoms with van der Waals surface area (Å²) in [4.78, 5) is 14.6. The average Bonchev–Trinajstić information content (AvgIpc) is 3.09. The molecule has 0 aliphatic carbocycles. The van der Waals surface area contributed by atoms with Crippen LogP contribution >= 0.6 is 0 Å². The molecule has 0 aromatic heterocycles. The molecule has 2 saturated heterocycles. The van der Waals surface area contributed by atoms with Crippen molar-refractivity contribution in [3.8, 4) is 0 Å². The summed E-state index contributed by atoms with van der Waals surface area (Å²) in [6.45, 7) is 3.22. The van der Waals surface area contributed by atoms with Crippen molar-refractivity contribution in [2.24, 2.45) is 5.92 Å². The highest BCUT2D eigenvalue weighted by molar-refractivity contribution is 5.93. The van der Waals surface area contributed by atoms with E-state index in [1.54, 1.807) is 17.0 Å². The summed E-state index contributed by atoms with van der Waals surface area (Å²) in [5.74, 6) is 0.339. The van der Waals surface area contributed by atoms with Gasteiger partial charge in [0.25, 0.3) is 0 Å². The molecule has 1 unspecified atom stereocenters. The number of carbonyl (C=O) groups excluding carboxylic acids is 1. The van der Waals surface area contributed by atoms with Crippen LogP contribution in [0.15, 0.2) is 54.6 Å². The van der Waals surface area contributed by atoms with E-state index in [9.17, 15) is 9.18 Å². The first-order valence-corrected chi connectivity index (χ1v) is 9.84. The molecule has 2 fully saturated rings. The van der Waals surface area contributed by atoms with Gasteiger partial charge in [-0.15, -0.1) is 0 Å². The third-order valence-corrected chi connectivity index (χ3v) is 5.65. The highest BCUT2D eigenvalue weighted by atomic mass is 19.1. The smallest absolute Gasteiger partial charge is 0.291 e. The van der Waals surface area contributed by atoms with Gasteiger partial charge in [0.05, 0.1) is 6.54 Å². The van der Waals surface area contributed by atoms with Gasteiger partial charge in [0.15, 0.2) is 0 Å². The number of carbonyl (C=O) groups is 1. The number of piperidine rings is 1. The second kappa shape index (κ2) is 8.09. The van der Waals surface area contributed by atoms with Gasteiger partial charge in [-0.05, 0) is 61.4 Å². The van der Waals surface area contributed by atoms with Crippen molar-refractivity contribution in [2.75, 3.05) is 31.1 Å². The zero-order valence-electron chi connectivity index (χ0n) is 15.6. The number of aryl methyl sites for hydroxylation is 1. The monoisotopic (exact) mass is 367 g/mol. The second-order valence-corrected chi connectivity index (χ2v) is 7.48. The molecule has 27 heavy (non-hydrogen) atoms. The summed E-state index contributed by atoms with van der Waals surface area (Å²) in [7, 11) is 0. The van der Waals surface area contributed by atoms with Gasteiger partial charge in [-0.1, -0.05) is 30.3 Å². The number of nitrogens with zero attached hydrogens (tertiary/aromatic N) is 3. The summed E-state index contributed by atoms with van der Waals surface area (Å²) in [6.07, 6.45) is 4.60. The SMILES string of the molecule is O=C1N(c2ccc(F)cc2)CCN1N1CCCC(CCc2ccccc2)C1. The Labute approximate surface area is 160 Å². The molecule has 1 atom stereocenters. The molecule has 0 N–H and O–H groups in total. The fourth-order valence-corrected chi connectivity index (χ4v) is 4.16. The lowest BCUT2D eigenvalue weighted by molar-refractivity contribution is -0.00550. The van der Waals surface area contributed by atoms with E-state index in [0.29, 0.717) is 19.0 Å². The Morgan fingerprint density at radius 3 is 2.52 bits per heavy atom. The molecule has 2 aliphatic rings. The number of anilines is 1. The summed E-state index contributed by atoms with van der Waals surface area (Å²) in [6, 6.07) is 16.8. The number of hydrogen-bond donors (Lipinski definition) is 0. The number of amides is 2. The van der Waals surface area contributed by atoms with Crippen molar-refractivity contribution in [2.45, 2.75) is 25.7 Å². The van der Waals surface area contributed by atoms with Crippen molar-refractivity contribution in [3.05, 3.63) is 66.0 Å². The number of hydrazine groups is 1. The topological polar surface area (TPSA) is 26.8 Å². The van der Waals surface area contributed by atoms with Crippen molar-refractivity contribution in [1.29, 1.82) is 0 Å². The summed E-state index contributed by atoms with van der Waals surface area (Å²) in [5, 5.41) is 4.11. The predicted molar refractivity (Wildman–Crippen MR) is 105 cm³/mol. The number of rotatable bonds is 5. The highest BCUT2D eigenvalue weighted by Crippen LogP contribution is 2.27. The van der Waals surface area contributed by atoms with Crippen LogP contribution in [0.4, 0.5) is 14.9 Å². The normalized spacial score (nSPS) is 21.1. The van der Waals surface area contributed by atoms with E-state index >= 15 is 0 Å². The van der Waals surface area contributed by atoms with Crippen LogP contribution in [-0.2, 0) is 6.42 Å². The van der Waals surface area contributed by atoms with Gasteiger partial charge in [0, 0.05) is 25.3 Å². The molecule has 4 nitrogen and oxygen atoms in total. The molecule has 0 spiro atoms. The highest BCUT2D eigenvalue weighted by Gasteiger charge is 2.35. The quantitative estimate of drug-likeness (QED) is 0.787. The molecule has 2 amide bonds. The van der Waals surface area contributed by atoms with Gasteiger partial charge in [0.2, 0.25) is 0 Å². The Bertz CT molecular complexity index is 765. The molecular weight excluding hydrogens is 341 g/mol. The fraction of sp³-hybridized carbons (Fsp3) is 0.409. The lowest BCUT2D eigenvalue weighted by Gasteiger charge is -2.38. The Morgan fingerprint density at radius 1 is 0.963 bits per heavy atom. The maximum absolute atomic E-state index is 13.2. The van der Waals surface area contributed by atoms with Crippen LogP contribution in [0.3, 0.4) is 0 Å². The van der Waals surface area contributed by atoms with Crippen molar-refractivity contribution < 1.29 is 9.18 Å². The van der Waals surface area contributed by atoms with E-state index in [0.717, 1.165) is 38.0 Å². The first-order chi connectivity index (χ1) is 13.2. The van der Waals surface area contributed by atoms with Crippen LogP contribution in [0.2, 0.25) is 0 Å². The van der Waals surface area contributed by atoms with E-state index < -0.39 is 0 Å². The third-order valence-electron chi connectivity index (χ3n) is 5.65. The standard InChI is InChI=1S/C22H26FN3O/c23-20-10-12-21(13-11-20)25-15-16-26(22(25)27)24-14-4-7-19(17-24)9-8-18-5-2-1-3-6-18/h1-3,5-6,10-13,19H,4,7-9,14-17H2. The van der Waals surface area contributed by atoms with E-state index in [2.05, 4.69) is 35.3 Å². The van der Waals surface area contributed by atoms with Gasteiger partial charge in [-0.2, -0.15) is 0 Å². The van der Waals surface area contributed by atoms with E-state index in [1.165, 1.54) is 24.1 Å². The summed E-state index contributed by atoms with van der Waals surface area (Å²) < 4.78 is 13.2. The van der Waals surface area contributed by atoms with Crippen LogP contribution in [0.1, 0.15) is 24.8 Å². The summed E-state index contributed by atoms with van der Waals surface area (Å²) in [5.41, 5.74) is 2.15. The second-order valence-electron chi connectivity index (χ2n) is 7.48. The minimum atomic E-state index is -0.278. The lowest BCUT2D eigenvalue weighted by atomic mass is 9.92. The van der Waals surface area contributed by atoms with Crippen LogP contribution < -0.4 is 4.90 Å². The molecule has 2 heterocycles. The van der Waals surface area contributed by atoms with Gasteiger partial charge in [-0.3, -0.25) is 9.91 Å². The molecular formula is C22H26FN3O. The fourth-order valence-electron chi connectivity index (χ4n) is 4.16. The third kappa shape index (κ3) is 4.14. The molecule has 2 aromatic carbocycles. The van der Waals surface area contributed by atoms with Crippen molar-refractivity contribution in [3.63, 3.8) is 0 Å². The maximum atomic E-state index is 13.2. The minimum Gasteiger partial charge on any atom is -0.291 e. The van der Waals surface area contributed by atoms with Gasteiger partial charge in [0.1, 0.15) is 5.82 Å². The van der Waals surface area contributed by atoms with Crippen molar-refractivity contribution in [1.82, 2.24) is 10.0 Å². The number of benzene rings is 2. The van der Waals surface area contributed by atoms with Gasteiger partial charge >= 0.3 is 6.03 Å². The van der Waals surface area contributed by atoms with E-state index in [-0.39, 0.29) is 11.8 Å². The first kappa shape index (κ1) is 18.0. The molecule has 0 bridgehead atoms. The minimum absolute atomic E-state index is 0.00492. The van der Waals surface area contributed by atoms with E-state index in [4.69, 9.17) is 0 Å². The van der Waals surface area contributed by atoms with E-state index in [1.807, 2.05) is 5.01 Å². The van der Waals surface area contributed by atoms with Crippen molar-refractivity contribution >= 4 is 11.7 Å². The molecule has 5 heteroatoms. The van der Waals surface area contributed by atoms with Gasteiger partial charge < -0.3 is 0 Å². The Hall–Kier alpha value is -2.40. The van der Waals surface area contributed by atoms with Crippen LogP contribution in [-0.4, -0.2) is 42.2 Å². The number of hydrogen-bond acceptors (Lipinski definition) is 2. The zero-order valence-corrected chi connectivity index (χ0v) is 15.6. The lowest BCUT2D eigenvalue weighted by Crippen LogP contribution is -2.50. The van der Waals surface area contributed by atoms with Crippen LogP contribution in [0, 0.1) is 11.7 Å². The Morgan fingerprint density at radius 2 is 1.74 bits per heavy atom. The molecule has 2 aliphatic heterocycles. The summed E-state index contributed by atoms with van der Waals surface area (Å²) >= 11 is 0. The largest absolute Gasteiger partial charge is 0.339 e. The molecule has 4 rings (SSSR count). The Balaban J connectivity index is 1.35. The molecule has 142 valence electrons. The number of urea groups is 1. The Kier molecular flexibility index (Phi) is 5.39. The van der Waals surface area contributed by atoms with Crippen LogP contribution in [0.25, 0.3) is 0 Å². The first-order valence-electron chi connectivity index (χ1n) is 9.84. The predicted octanol–water partition coefficient (Wildman–Crippen LogP) is 4.33. The van der Waals surface area contributed by atoms with Gasteiger partial charge in [-0.25, -0.2) is 14.2 Å². The molecule has 0 radical (unpaired) electrons. The number of halogens is 1. The van der Waals surface area contributed by atoms with Crippen LogP contribution in [0.5, 0.6) is 0 Å².